The molecule has 3 nitrogen and oxygen atoms in total. The number of benzene rings is 1. The topological polar surface area (TPSA) is 49.3 Å². The summed E-state index contributed by atoms with van der Waals surface area (Å²) in [6, 6.07) is 5.05. The Hall–Kier alpha value is -0.580. The van der Waals surface area contributed by atoms with Gasteiger partial charge in [-0.2, -0.15) is 0 Å². The Morgan fingerprint density at radius 1 is 1.42 bits per heavy atom. The minimum atomic E-state index is -0.237. The van der Waals surface area contributed by atoms with E-state index in [0.717, 1.165) is 12.8 Å². The van der Waals surface area contributed by atoms with E-state index in [1.54, 1.807) is 18.2 Å². The van der Waals surface area contributed by atoms with Crippen molar-refractivity contribution in [3.63, 3.8) is 0 Å². The number of hydrogen-bond donors (Lipinski definition) is 2. The van der Waals surface area contributed by atoms with Gasteiger partial charge in [0.05, 0.1) is 11.6 Å². The molecule has 1 aromatic rings. The maximum Gasteiger partial charge on any atom is 0.251 e. The Morgan fingerprint density at radius 2 is 2.05 bits per heavy atom. The largest absolute Gasteiger partial charge is 0.396 e. The van der Waals surface area contributed by atoms with Gasteiger partial charge in [-0.1, -0.05) is 25.4 Å². The van der Waals surface area contributed by atoms with E-state index in [1.165, 1.54) is 0 Å². The minimum Gasteiger partial charge on any atom is -0.396 e. The van der Waals surface area contributed by atoms with E-state index in [1.807, 2.05) is 13.8 Å². The molecule has 0 bridgehead atoms. The Morgan fingerprint density at radius 3 is 2.53 bits per heavy atom. The Bertz CT molecular complexity index is 439. The molecule has 0 radical (unpaired) electrons. The molecule has 1 amide bonds. The number of carbonyl (C=O) groups is 1. The molecule has 0 fully saturated rings. The minimum absolute atomic E-state index is 0.0740. The lowest BCUT2D eigenvalue weighted by Crippen LogP contribution is -2.39. The summed E-state index contributed by atoms with van der Waals surface area (Å²) in [4.78, 5) is 12.0. The number of rotatable bonds is 6. The number of nitrogens with one attached hydrogen (secondary N) is 1. The zero-order valence-corrected chi connectivity index (χ0v) is 13.5. The van der Waals surface area contributed by atoms with Crippen LogP contribution in [0.15, 0.2) is 22.7 Å². The molecule has 19 heavy (non-hydrogen) atoms. The number of amides is 1. The van der Waals surface area contributed by atoms with Crippen LogP contribution in [-0.4, -0.2) is 24.2 Å². The van der Waals surface area contributed by atoms with Crippen LogP contribution in [0.4, 0.5) is 0 Å². The first-order valence-corrected chi connectivity index (χ1v) is 7.49. The van der Waals surface area contributed by atoms with Crippen LogP contribution in [0.1, 0.15) is 37.0 Å². The van der Waals surface area contributed by atoms with Crippen molar-refractivity contribution in [3.05, 3.63) is 33.3 Å². The van der Waals surface area contributed by atoms with E-state index in [0.29, 0.717) is 21.6 Å². The molecule has 2 N–H and O–H groups in total. The second-order valence-electron chi connectivity index (χ2n) is 4.68. The number of aliphatic hydroxyl groups is 1. The van der Waals surface area contributed by atoms with Gasteiger partial charge in [-0.05, 0) is 47.0 Å². The van der Waals surface area contributed by atoms with E-state index in [2.05, 4.69) is 21.2 Å². The average Bonchev–Trinajstić information content (AvgIpc) is 2.43. The van der Waals surface area contributed by atoms with Gasteiger partial charge >= 0.3 is 0 Å². The number of carbonyl (C=O) groups excluding carboxylic acids is 1. The van der Waals surface area contributed by atoms with E-state index in [4.69, 9.17) is 11.6 Å². The molecular weight excluding hydrogens is 330 g/mol. The van der Waals surface area contributed by atoms with Gasteiger partial charge in [0.25, 0.3) is 5.91 Å². The first-order chi connectivity index (χ1) is 8.98. The monoisotopic (exact) mass is 347 g/mol. The zero-order valence-electron chi connectivity index (χ0n) is 11.2. The summed E-state index contributed by atoms with van der Waals surface area (Å²) in [7, 11) is 0. The van der Waals surface area contributed by atoms with Crippen LogP contribution in [0.2, 0.25) is 5.02 Å². The standard InChI is InChI=1S/C14H19BrClNO2/c1-3-14(4-2,9-18)8-17-13(19)10-5-6-12(16)11(15)7-10/h5-7,18H,3-4,8-9H2,1-2H3,(H,17,19). The van der Waals surface area contributed by atoms with Crippen molar-refractivity contribution >= 4 is 33.4 Å². The summed E-state index contributed by atoms with van der Waals surface area (Å²) in [6.45, 7) is 4.58. The van der Waals surface area contributed by atoms with Gasteiger partial charge in [0, 0.05) is 22.0 Å². The van der Waals surface area contributed by atoms with Gasteiger partial charge in [-0.15, -0.1) is 0 Å². The fourth-order valence-electron chi connectivity index (χ4n) is 1.79. The van der Waals surface area contributed by atoms with Crippen LogP contribution in [-0.2, 0) is 0 Å². The van der Waals surface area contributed by atoms with Crippen molar-refractivity contribution in [2.24, 2.45) is 5.41 Å². The maximum absolute atomic E-state index is 12.0. The second-order valence-corrected chi connectivity index (χ2v) is 5.94. The normalized spacial score (nSPS) is 11.4. The average molecular weight is 349 g/mol. The smallest absolute Gasteiger partial charge is 0.251 e. The molecule has 1 aromatic carbocycles. The summed E-state index contributed by atoms with van der Waals surface area (Å²) in [6.07, 6.45) is 1.65. The third-order valence-corrected chi connectivity index (χ3v) is 4.86. The fourth-order valence-corrected chi connectivity index (χ4v) is 2.28. The number of halogens is 2. The van der Waals surface area contributed by atoms with Gasteiger partial charge in [0.1, 0.15) is 0 Å². The summed E-state index contributed by atoms with van der Waals surface area (Å²) < 4.78 is 0.696. The summed E-state index contributed by atoms with van der Waals surface area (Å²) >= 11 is 9.18. The molecule has 0 atom stereocenters. The van der Waals surface area contributed by atoms with Gasteiger partial charge in [0.2, 0.25) is 0 Å². The predicted octanol–water partition coefficient (Wildman–Crippen LogP) is 3.63. The van der Waals surface area contributed by atoms with Crippen molar-refractivity contribution in [2.45, 2.75) is 26.7 Å². The van der Waals surface area contributed by atoms with Crippen LogP contribution in [0, 0.1) is 5.41 Å². The van der Waals surface area contributed by atoms with E-state index < -0.39 is 0 Å². The third-order valence-electron chi connectivity index (χ3n) is 3.64. The molecule has 0 saturated heterocycles. The lowest BCUT2D eigenvalue weighted by molar-refractivity contribution is 0.0851. The van der Waals surface area contributed by atoms with Gasteiger partial charge < -0.3 is 10.4 Å². The molecule has 0 unspecified atom stereocenters. The molecule has 0 aliphatic heterocycles. The lowest BCUT2D eigenvalue weighted by atomic mass is 9.83. The van der Waals surface area contributed by atoms with Crippen molar-refractivity contribution in [2.75, 3.05) is 13.2 Å². The summed E-state index contributed by atoms with van der Waals surface area (Å²) in [5, 5.41) is 12.9. The second kappa shape index (κ2) is 7.27. The van der Waals surface area contributed by atoms with E-state index in [9.17, 15) is 9.90 Å². The van der Waals surface area contributed by atoms with Crippen molar-refractivity contribution in [3.8, 4) is 0 Å². The zero-order chi connectivity index (χ0) is 14.5. The Kier molecular flexibility index (Phi) is 6.30. The Labute approximate surface area is 127 Å². The van der Waals surface area contributed by atoms with E-state index in [-0.39, 0.29) is 17.9 Å². The maximum atomic E-state index is 12.0. The molecule has 1 rings (SSSR count). The molecule has 0 heterocycles. The van der Waals surface area contributed by atoms with Crippen molar-refractivity contribution in [1.82, 2.24) is 5.32 Å². The van der Waals surface area contributed by atoms with Crippen LogP contribution < -0.4 is 5.32 Å². The van der Waals surface area contributed by atoms with Gasteiger partial charge in [-0.25, -0.2) is 0 Å². The quantitative estimate of drug-likeness (QED) is 0.824. The number of hydrogen-bond acceptors (Lipinski definition) is 2. The molecule has 106 valence electrons. The predicted molar refractivity (Wildman–Crippen MR) is 81.6 cm³/mol. The van der Waals surface area contributed by atoms with Crippen molar-refractivity contribution in [1.29, 1.82) is 0 Å². The van der Waals surface area contributed by atoms with E-state index >= 15 is 0 Å². The SMILES string of the molecule is CCC(CC)(CO)CNC(=O)c1ccc(Cl)c(Br)c1. The van der Waals surface area contributed by atoms with Crippen LogP contribution in [0.25, 0.3) is 0 Å². The highest BCUT2D eigenvalue weighted by atomic mass is 79.9. The fraction of sp³-hybridized carbons (Fsp3) is 0.500. The van der Waals surface area contributed by atoms with Crippen molar-refractivity contribution < 1.29 is 9.90 Å². The molecule has 0 spiro atoms. The highest BCUT2D eigenvalue weighted by molar-refractivity contribution is 9.10. The summed E-state index contributed by atoms with van der Waals surface area (Å²) in [5.41, 5.74) is 0.314. The lowest BCUT2D eigenvalue weighted by Gasteiger charge is -2.29. The summed E-state index contributed by atoms with van der Waals surface area (Å²) in [5.74, 6) is -0.155. The highest BCUT2D eigenvalue weighted by Crippen LogP contribution is 2.25. The van der Waals surface area contributed by atoms with Gasteiger partial charge in [-0.3, -0.25) is 4.79 Å². The van der Waals surface area contributed by atoms with Crippen LogP contribution >= 0.6 is 27.5 Å². The first kappa shape index (κ1) is 16.5. The first-order valence-electron chi connectivity index (χ1n) is 6.32. The van der Waals surface area contributed by atoms with Gasteiger partial charge in [0.15, 0.2) is 0 Å². The molecule has 0 saturated carbocycles. The molecular formula is C14H19BrClNO2. The highest BCUT2D eigenvalue weighted by Gasteiger charge is 2.25. The number of aliphatic hydroxyl groups excluding tert-OH is 1. The molecule has 0 aromatic heterocycles. The molecule has 0 aliphatic carbocycles. The third kappa shape index (κ3) is 4.20. The Balaban J connectivity index is 2.72. The van der Waals surface area contributed by atoms with Crippen LogP contribution in [0.5, 0.6) is 0 Å². The van der Waals surface area contributed by atoms with Crippen LogP contribution in [0.3, 0.4) is 0 Å². The molecule has 0 aliphatic rings. The molecule has 5 heteroatoms.